The lowest BCUT2D eigenvalue weighted by atomic mass is 9.98. The smallest absolute Gasteiger partial charge is 0.339 e. The van der Waals surface area contributed by atoms with Gasteiger partial charge in [-0.2, -0.15) is 0 Å². The second-order valence-corrected chi connectivity index (χ2v) is 5.73. The van der Waals surface area contributed by atoms with E-state index in [1.165, 1.54) is 12.7 Å². The van der Waals surface area contributed by atoms with Gasteiger partial charge >= 0.3 is 5.97 Å². The van der Waals surface area contributed by atoms with E-state index in [2.05, 4.69) is 31.0 Å². The second-order valence-electron chi connectivity index (χ2n) is 5.73. The van der Waals surface area contributed by atoms with Crippen LogP contribution in [0.25, 0.3) is 0 Å². The van der Waals surface area contributed by atoms with Crippen molar-refractivity contribution in [2.75, 3.05) is 7.11 Å². The zero-order valence-electron chi connectivity index (χ0n) is 13.4. The highest BCUT2D eigenvalue weighted by Gasteiger charge is 2.13. The van der Waals surface area contributed by atoms with Crippen LogP contribution in [0.4, 0.5) is 0 Å². The third kappa shape index (κ3) is 3.45. The van der Waals surface area contributed by atoms with Crippen molar-refractivity contribution in [1.82, 2.24) is 4.98 Å². The van der Waals surface area contributed by atoms with Crippen LogP contribution < -0.4 is 5.56 Å². The molecule has 0 amide bonds. The van der Waals surface area contributed by atoms with Gasteiger partial charge in [0.25, 0.3) is 5.56 Å². The number of methoxy groups -OCH3 is 1. The van der Waals surface area contributed by atoms with Crippen LogP contribution >= 0.6 is 0 Å². The molecule has 2 aromatic rings. The number of pyridine rings is 1. The number of esters is 1. The lowest BCUT2D eigenvalue weighted by Crippen LogP contribution is -2.18. The molecule has 1 heterocycles. The maximum atomic E-state index is 12.1. The fraction of sp³-hybridized carbons (Fsp3) is 0.333. The van der Waals surface area contributed by atoms with Gasteiger partial charge < -0.3 is 9.72 Å². The van der Waals surface area contributed by atoms with Crippen LogP contribution in [0, 0.1) is 6.92 Å². The average Bonchev–Trinajstić information content (AvgIpc) is 2.49. The SMILES string of the molecule is COC(=O)c1cc(Cc2ccc(C(C)C)cc2)c(=O)[nH]c1C. The van der Waals surface area contributed by atoms with Gasteiger partial charge in [-0.15, -0.1) is 0 Å². The first-order valence-electron chi connectivity index (χ1n) is 7.32. The van der Waals surface area contributed by atoms with Crippen molar-refractivity contribution < 1.29 is 9.53 Å². The van der Waals surface area contributed by atoms with Gasteiger partial charge in [0.15, 0.2) is 0 Å². The standard InChI is InChI=1S/C18H21NO3/c1-11(2)14-7-5-13(6-8-14)9-15-10-16(18(21)22-4)12(3)19-17(15)20/h5-8,10-11H,9H2,1-4H3,(H,19,20). The van der Waals surface area contributed by atoms with E-state index in [-0.39, 0.29) is 5.56 Å². The topological polar surface area (TPSA) is 59.2 Å². The number of hydrogen-bond acceptors (Lipinski definition) is 3. The van der Waals surface area contributed by atoms with Gasteiger partial charge in [-0.25, -0.2) is 4.79 Å². The lowest BCUT2D eigenvalue weighted by Gasteiger charge is -2.09. The number of ether oxygens (including phenoxy) is 1. The van der Waals surface area contributed by atoms with Crippen LogP contribution in [-0.2, 0) is 11.2 Å². The number of aromatic amines is 1. The van der Waals surface area contributed by atoms with Crippen molar-refractivity contribution in [2.45, 2.75) is 33.1 Å². The van der Waals surface area contributed by atoms with Gasteiger partial charge in [0, 0.05) is 17.7 Å². The Hall–Kier alpha value is -2.36. The number of hydrogen-bond donors (Lipinski definition) is 1. The first kappa shape index (κ1) is 16.0. The molecule has 0 saturated heterocycles. The summed E-state index contributed by atoms with van der Waals surface area (Å²) in [5.74, 6) is 0.0351. The van der Waals surface area contributed by atoms with Crippen LogP contribution in [0.3, 0.4) is 0 Å². The molecule has 116 valence electrons. The Bertz CT molecular complexity index is 727. The van der Waals surface area contributed by atoms with E-state index in [1.54, 1.807) is 13.0 Å². The second kappa shape index (κ2) is 6.60. The van der Waals surface area contributed by atoms with E-state index in [1.807, 2.05) is 12.1 Å². The lowest BCUT2D eigenvalue weighted by molar-refractivity contribution is 0.0599. The van der Waals surface area contributed by atoms with Crippen LogP contribution in [0.5, 0.6) is 0 Å². The molecule has 0 unspecified atom stereocenters. The summed E-state index contributed by atoms with van der Waals surface area (Å²) in [5.41, 5.74) is 3.61. The third-order valence-electron chi connectivity index (χ3n) is 3.76. The summed E-state index contributed by atoms with van der Waals surface area (Å²) < 4.78 is 4.74. The van der Waals surface area contributed by atoms with Gasteiger partial charge in [-0.1, -0.05) is 38.1 Å². The quantitative estimate of drug-likeness (QED) is 0.882. The van der Waals surface area contributed by atoms with Crippen molar-refractivity contribution >= 4 is 5.97 Å². The van der Waals surface area contributed by atoms with Gasteiger partial charge in [0.1, 0.15) is 0 Å². The molecular weight excluding hydrogens is 278 g/mol. The minimum absolute atomic E-state index is 0.168. The zero-order chi connectivity index (χ0) is 16.3. The Balaban J connectivity index is 2.33. The van der Waals surface area contributed by atoms with E-state index < -0.39 is 5.97 Å². The first-order chi connectivity index (χ1) is 10.4. The highest BCUT2D eigenvalue weighted by molar-refractivity contribution is 5.90. The summed E-state index contributed by atoms with van der Waals surface area (Å²) in [4.78, 5) is 26.5. The monoisotopic (exact) mass is 299 g/mol. The molecule has 4 heteroatoms. The largest absolute Gasteiger partial charge is 0.465 e. The number of aryl methyl sites for hydroxylation is 1. The predicted octanol–water partition coefficient (Wildman–Crippen LogP) is 3.18. The molecule has 0 saturated carbocycles. The maximum absolute atomic E-state index is 12.1. The summed E-state index contributed by atoms with van der Waals surface area (Å²) in [6.45, 7) is 5.97. The highest BCUT2D eigenvalue weighted by Crippen LogP contribution is 2.16. The van der Waals surface area contributed by atoms with Crippen LogP contribution in [0.2, 0.25) is 0 Å². The first-order valence-corrected chi connectivity index (χ1v) is 7.32. The molecule has 0 aliphatic carbocycles. The van der Waals surface area contributed by atoms with Crippen molar-refractivity contribution in [3.8, 4) is 0 Å². The van der Waals surface area contributed by atoms with Crippen molar-refractivity contribution in [3.05, 3.63) is 68.6 Å². The molecule has 1 aromatic heterocycles. The van der Waals surface area contributed by atoms with Gasteiger partial charge in [0.05, 0.1) is 12.7 Å². The molecule has 4 nitrogen and oxygen atoms in total. The van der Waals surface area contributed by atoms with Gasteiger partial charge in [-0.3, -0.25) is 4.79 Å². The molecule has 0 aliphatic heterocycles. The molecule has 0 fully saturated rings. The summed E-state index contributed by atoms with van der Waals surface area (Å²) in [7, 11) is 1.33. The number of nitrogens with one attached hydrogen (secondary N) is 1. The summed E-state index contributed by atoms with van der Waals surface area (Å²) in [6.07, 6.45) is 0.484. The summed E-state index contributed by atoms with van der Waals surface area (Å²) in [5, 5.41) is 0. The molecule has 2 rings (SSSR count). The van der Waals surface area contributed by atoms with E-state index >= 15 is 0 Å². The average molecular weight is 299 g/mol. The Morgan fingerprint density at radius 2 is 1.86 bits per heavy atom. The normalized spacial score (nSPS) is 10.8. The van der Waals surface area contributed by atoms with Crippen molar-refractivity contribution in [3.63, 3.8) is 0 Å². The highest BCUT2D eigenvalue weighted by atomic mass is 16.5. The molecule has 0 atom stereocenters. The fourth-order valence-electron chi connectivity index (χ4n) is 2.36. The number of carbonyl (C=O) groups is 1. The van der Waals surface area contributed by atoms with Gasteiger partial charge in [-0.05, 0) is 30.0 Å². The molecule has 0 radical (unpaired) electrons. The van der Waals surface area contributed by atoms with E-state index in [0.717, 1.165) is 5.56 Å². The Labute approximate surface area is 130 Å². The fourth-order valence-corrected chi connectivity index (χ4v) is 2.36. The van der Waals surface area contributed by atoms with Crippen LogP contribution in [0.15, 0.2) is 35.1 Å². The Morgan fingerprint density at radius 1 is 1.23 bits per heavy atom. The van der Waals surface area contributed by atoms with Crippen LogP contribution in [0.1, 0.15) is 52.5 Å². The van der Waals surface area contributed by atoms with Crippen molar-refractivity contribution in [2.24, 2.45) is 0 Å². The summed E-state index contributed by atoms with van der Waals surface area (Å²) >= 11 is 0. The number of rotatable bonds is 4. The van der Waals surface area contributed by atoms with Crippen molar-refractivity contribution in [1.29, 1.82) is 0 Å². The van der Waals surface area contributed by atoms with E-state index in [0.29, 0.717) is 29.2 Å². The predicted molar refractivity (Wildman–Crippen MR) is 86.5 cm³/mol. The number of aromatic nitrogens is 1. The van der Waals surface area contributed by atoms with E-state index in [4.69, 9.17) is 4.74 Å². The molecule has 0 aliphatic rings. The Morgan fingerprint density at radius 3 is 2.41 bits per heavy atom. The van der Waals surface area contributed by atoms with Gasteiger partial charge in [0.2, 0.25) is 0 Å². The minimum Gasteiger partial charge on any atom is -0.465 e. The molecule has 1 N–H and O–H groups in total. The minimum atomic E-state index is -0.440. The molecule has 0 bridgehead atoms. The molecule has 22 heavy (non-hydrogen) atoms. The van der Waals surface area contributed by atoms with Crippen LogP contribution in [-0.4, -0.2) is 18.1 Å². The zero-order valence-corrected chi connectivity index (χ0v) is 13.4. The Kier molecular flexibility index (Phi) is 4.81. The number of H-pyrrole nitrogens is 1. The summed E-state index contributed by atoms with van der Waals surface area (Å²) in [6, 6.07) is 9.81. The molecular formula is C18H21NO3. The molecule has 1 aromatic carbocycles. The maximum Gasteiger partial charge on any atom is 0.339 e. The molecule has 0 spiro atoms. The third-order valence-corrected chi connectivity index (χ3v) is 3.76. The van der Waals surface area contributed by atoms with E-state index in [9.17, 15) is 9.59 Å². The number of benzene rings is 1. The number of carbonyl (C=O) groups excluding carboxylic acids is 1.